The molecule has 25 heavy (non-hydrogen) atoms. The highest BCUT2D eigenvalue weighted by atomic mass is 35.5. The van der Waals surface area contributed by atoms with Gasteiger partial charge >= 0.3 is 0 Å². The number of carbonyl (C=O) groups is 1. The third-order valence-electron chi connectivity index (χ3n) is 3.57. The lowest BCUT2D eigenvalue weighted by Crippen LogP contribution is -2.20. The topological polar surface area (TPSA) is 76.4 Å². The number of nitrogens with zero attached hydrogens (tertiary/aromatic N) is 2. The van der Waals surface area contributed by atoms with Crippen LogP contribution in [0.15, 0.2) is 54.1 Å². The Morgan fingerprint density at radius 1 is 1.28 bits per heavy atom. The molecule has 0 aliphatic carbocycles. The van der Waals surface area contributed by atoms with Crippen molar-refractivity contribution in [3.63, 3.8) is 0 Å². The number of amides is 1. The average molecular weight is 356 g/mol. The fourth-order valence-corrected chi connectivity index (χ4v) is 2.35. The quantitative estimate of drug-likeness (QED) is 0.615. The first-order valence-electron chi connectivity index (χ1n) is 7.65. The maximum absolute atomic E-state index is 12.3. The molecule has 2 N–H and O–H groups in total. The Bertz CT molecular complexity index is 810. The third-order valence-corrected chi connectivity index (χ3v) is 3.90. The molecule has 6 heteroatoms. The van der Waals surface area contributed by atoms with Gasteiger partial charge in [0.1, 0.15) is 11.6 Å². The van der Waals surface area contributed by atoms with Crippen molar-refractivity contribution in [3.05, 3.63) is 64.7 Å². The Morgan fingerprint density at radius 2 is 1.96 bits per heavy atom. The van der Waals surface area contributed by atoms with Crippen molar-refractivity contribution in [1.82, 2.24) is 0 Å². The zero-order chi connectivity index (χ0) is 18.2. The second kappa shape index (κ2) is 8.88. The van der Waals surface area contributed by atoms with Gasteiger partial charge in [-0.15, -0.1) is 0 Å². The summed E-state index contributed by atoms with van der Waals surface area (Å²) in [6.45, 7) is 0.595. The number of anilines is 2. The largest absolute Gasteiger partial charge is 0.395 e. The molecular weight excluding hydrogens is 338 g/mol. The van der Waals surface area contributed by atoms with E-state index in [9.17, 15) is 10.1 Å². The Morgan fingerprint density at radius 3 is 2.56 bits per heavy atom. The minimum absolute atomic E-state index is 0.0172. The molecule has 0 bridgehead atoms. The molecule has 0 aromatic heterocycles. The van der Waals surface area contributed by atoms with Gasteiger partial charge in [-0.25, -0.2) is 0 Å². The lowest BCUT2D eigenvalue weighted by atomic mass is 10.1. The highest BCUT2D eigenvalue weighted by Crippen LogP contribution is 2.21. The molecule has 0 radical (unpaired) electrons. The van der Waals surface area contributed by atoms with Gasteiger partial charge in [-0.3, -0.25) is 4.79 Å². The van der Waals surface area contributed by atoms with E-state index in [1.54, 1.807) is 24.3 Å². The van der Waals surface area contributed by atoms with Gasteiger partial charge in [0.25, 0.3) is 5.91 Å². The first-order chi connectivity index (χ1) is 12.0. The number of halogens is 1. The third kappa shape index (κ3) is 5.08. The van der Waals surface area contributed by atoms with Gasteiger partial charge in [0.15, 0.2) is 0 Å². The molecule has 128 valence electrons. The molecule has 0 heterocycles. The van der Waals surface area contributed by atoms with Crippen LogP contribution in [0.25, 0.3) is 6.08 Å². The number of aliphatic hydroxyl groups excluding tert-OH is 1. The van der Waals surface area contributed by atoms with Crippen LogP contribution in [0, 0.1) is 11.3 Å². The normalized spacial score (nSPS) is 10.9. The van der Waals surface area contributed by atoms with Crippen molar-refractivity contribution < 1.29 is 9.90 Å². The van der Waals surface area contributed by atoms with E-state index in [0.717, 1.165) is 11.3 Å². The van der Waals surface area contributed by atoms with Crippen molar-refractivity contribution >= 4 is 35.0 Å². The SMILES string of the molecule is CN(CCO)c1ccc(/C=C(\C#N)C(=O)Nc2ccccc2Cl)cc1. The predicted octanol–water partition coefficient (Wildman–Crippen LogP) is 3.31. The van der Waals surface area contributed by atoms with Gasteiger partial charge in [-0.2, -0.15) is 5.26 Å². The number of aliphatic hydroxyl groups is 1. The summed E-state index contributed by atoms with van der Waals surface area (Å²) in [5.74, 6) is -0.517. The molecule has 0 aliphatic heterocycles. The van der Waals surface area contributed by atoms with Gasteiger partial charge in [0, 0.05) is 19.3 Å². The summed E-state index contributed by atoms with van der Waals surface area (Å²) < 4.78 is 0. The number of hydrogen-bond acceptors (Lipinski definition) is 4. The fraction of sp³-hybridized carbons (Fsp3) is 0.158. The number of likely N-dealkylation sites (N-methyl/N-ethyl adjacent to an activating group) is 1. The molecule has 0 atom stereocenters. The molecule has 0 unspecified atom stereocenters. The van der Waals surface area contributed by atoms with E-state index in [1.165, 1.54) is 6.08 Å². The Labute approximate surface area is 151 Å². The highest BCUT2D eigenvalue weighted by molar-refractivity contribution is 6.34. The fourth-order valence-electron chi connectivity index (χ4n) is 2.17. The molecule has 0 fully saturated rings. The number of benzene rings is 2. The summed E-state index contributed by atoms with van der Waals surface area (Å²) in [5, 5.41) is 21.3. The molecule has 0 saturated heterocycles. The van der Waals surface area contributed by atoms with Gasteiger partial charge in [-0.05, 0) is 35.9 Å². The summed E-state index contributed by atoms with van der Waals surface area (Å²) >= 11 is 6.01. The number of nitriles is 1. The lowest BCUT2D eigenvalue weighted by molar-refractivity contribution is -0.112. The van der Waals surface area contributed by atoms with Gasteiger partial charge in [0.2, 0.25) is 0 Å². The molecule has 0 saturated carbocycles. The molecule has 1 amide bonds. The van der Waals surface area contributed by atoms with Gasteiger partial charge < -0.3 is 15.3 Å². The van der Waals surface area contributed by atoms with Crippen LogP contribution in [0.2, 0.25) is 5.02 Å². The average Bonchev–Trinajstić information content (AvgIpc) is 2.62. The van der Waals surface area contributed by atoms with Crippen LogP contribution in [0.1, 0.15) is 5.56 Å². The second-order valence-corrected chi connectivity index (χ2v) is 5.75. The van der Waals surface area contributed by atoms with E-state index >= 15 is 0 Å². The van der Waals surface area contributed by atoms with E-state index in [1.807, 2.05) is 42.3 Å². The van der Waals surface area contributed by atoms with Crippen LogP contribution < -0.4 is 10.2 Å². The van der Waals surface area contributed by atoms with E-state index in [-0.39, 0.29) is 12.2 Å². The second-order valence-electron chi connectivity index (χ2n) is 5.34. The maximum Gasteiger partial charge on any atom is 0.266 e. The summed E-state index contributed by atoms with van der Waals surface area (Å²) in [7, 11) is 1.87. The van der Waals surface area contributed by atoms with Crippen LogP contribution in [0.3, 0.4) is 0 Å². The number of nitrogens with one attached hydrogen (secondary N) is 1. The predicted molar refractivity (Wildman–Crippen MR) is 100 cm³/mol. The van der Waals surface area contributed by atoms with E-state index < -0.39 is 5.91 Å². The monoisotopic (exact) mass is 355 g/mol. The van der Waals surface area contributed by atoms with E-state index in [0.29, 0.717) is 17.3 Å². The first-order valence-corrected chi connectivity index (χ1v) is 8.02. The summed E-state index contributed by atoms with van der Waals surface area (Å²) in [5.41, 5.74) is 2.10. The molecule has 0 spiro atoms. The van der Waals surface area contributed by atoms with E-state index in [2.05, 4.69) is 5.32 Å². The van der Waals surface area contributed by atoms with Crippen LogP contribution in [-0.4, -0.2) is 31.2 Å². The van der Waals surface area contributed by atoms with Crippen LogP contribution >= 0.6 is 11.6 Å². The molecule has 2 rings (SSSR count). The van der Waals surface area contributed by atoms with E-state index in [4.69, 9.17) is 16.7 Å². The first kappa shape index (κ1) is 18.5. The van der Waals surface area contributed by atoms with Crippen LogP contribution in [-0.2, 0) is 4.79 Å². The Hall–Kier alpha value is -2.81. The molecule has 0 aliphatic rings. The molecule has 2 aromatic carbocycles. The van der Waals surface area contributed by atoms with Crippen molar-refractivity contribution in [3.8, 4) is 6.07 Å². The van der Waals surface area contributed by atoms with Gasteiger partial charge in [0.05, 0.1) is 17.3 Å². The molecule has 2 aromatic rings. The van der Waals surface area contributed by atoms with Crippen LogP contribution in [0.5, 0.6) is 0 Å². The number of rotatable bonds is 6. The molecule has 5 nitrogen and oxygen atoms in total. The summed E-state index contributed by atoms with van der Waals surface area (Å²) in [6, 6.07) is 16.1. The highest BCUT2D eigenvalue weighted by Gasteiger charge is 2.11. The van der Waals surface area contributed by atoms with Crippen molar-refractivity contribution in [2.45, 2.75) is 0 Å². The smallest absolute Gasteiger partial charge is 0.266 e. The standard InChI is InChI=1S/C19H18ClN3O2/c1-23(10-11-24)16-8-6-14(7-9-16)12-15(13-21)19(25)22-18-5-3-2-4-17(18)20/h2-9,12,24H,10-11H2,1H3,(H,22,25)/b15-12+. The number of carbonyl (C=O) groups excluding carboxylic acids is 1. The summed E-state index contributed by atoms with van der Waals surface area (Å²) in [4.78, 5) is 14.2. The molecular formula is C19H18ClN3O2. The maximum atomic E-state index is 12.3. The summed E-state index contributed by atoms with van der Waals surface area (Å²) in [6.07, 6.45) is 1.52. The lowest BCUT2D eigenvalue weighted by Gasteiger charge is -2.17. The van der Waals surface area contributed by atoms with Gasteiger partial charge in [-0.1, -0.05) is 35.9 Å². The number of para-hydroxylation sites is 1. The zero-order valence-electron chi connectivity index (χ0n) is 13.7. The Kier molecular flexibility index (Phi) is 6.58. The minimum Gasteiger partial charge on any atom is -0.395 e. The number of hydrogen-bond donors (Lipinski definition) is 2. The Balaban J connectivity index is 2.15. The van der Waals surface area contributed by atoms with Crippen molar-refractivity contribution in [1.29, 1.82) is 5.26 Å². The zero-order valence-corrected chi connectivity index (χ0v) is 14.5. The van der Waals surface area contributed by atoms with Crippen molar-refractivity contribution in [2.75, 3.05) is 30.4 Å². The minimum atomic E-state index is -0.517. The van der Waals surface area contributed by atoms with Crippen molar-refractivity contribution in [2.24, 2.45) is 0 Å². The van der Waals surface area contributed by atoms with Crippen LogP contribution in [0.4, 0.5) is 11.4 Å².